The number of anilines is 2. The van der Waals surface area contributed by atoms with Gasteiger partial charge in [0, 0.05) is 18.2 Å². The summed E-state index contributed by atoms with van der Waals surface area (Å²) in [6, 6.07) is 3.72. The lowest BCUT2D eigenvalue weighted by Crippen LogP contribution is -2.25. The predicted octanol–water partition coefficient (Wildman–Crippen LogP) is 5.81. The molecule has 1 saturated carbocycles. The second kappa shape index (κ2) is 12.2. The van der Waals surface area contributed by atoms with E-state index in [1.54, 1.807) is 0 Å². The van der Waals surface area contributed by atoms with E-state index in [4.69, 9.17) is 4.42 Å². The van der Waals surface area contributed by atoms with Gasteiger partial charge in [0.2, 0.25) is 11.8 Å². The van der Waals surface area contributed by atoms with Gasteiger partial charge < -0.3 is 20.0 Å². The zero-order chi connectivity index (χ0) is 24.6. The lowest BCUT2D eigenvalue weighted by molar-refractivity contribution is -0.137. The summed E-state index contributed by atoms with van der Waals surface area (Å²) in [5, 5.41) is 13.3. The summed E-state index contributed by atoms with van der Waals surface area (Å²) in [6.45, 7) is 7.81. The van der Waals surface area contributed by atoms with Crippen LogP contribution in [0.5, 0.6) is 0 Å². The number of carbonyl (C=O) groups is 1. The molecule has 0 atom stereocenters. The fraction of sp³-hybridized carbons (Fsp3) is 0.625. The average Bonchev–Trinajstić information content (AvgIpc) is 3.30. The van der Waals surface area contributed by atoms with Crippen molar-refractivity contribution in [2.24, 2.45) is 5.92 Å². The highest BCUT2D eigenvalue weighted by Crippen LogP contribution is 2.38. The van der Waals surface area contributed by atoms with Gasteiger partial charge in [-0.05, 0) is 63.5 Å². The van der Waals surface area contributed by atoms with Crippen LogP contribution in [-0.4, -0.2) is 47.2 Å². The van der Waals surface area contributed by atoms with Crippen LogP contribution in [-0.2, 0) is 11.0 Å². The van der Waals surface area contributed by atoms with Crippen molar-refractivity contribution in [2.45, 2.75) is 65.0 Å². The van der Waals surface area contributed by atoms with E-state index in [-0.39, 0.29) is 35.0 Å². The number of carbonyl (C=O) groups excluding carboxylic acids is 1. The molecular formula is C24H34F3N5O2. The SMILES string of the molecule is CCN(CC)CCCCNc1nnc(-c2ccc(NC(=O)C3CCCCC3)cc2C(F)(F)F)o1. The number of nitrogens with zero attached hydrogens (tertiary/aromatic N) is 3. The topological polar surface area (TPSA) is 83.3 Å². The zero-order valence-corrected chi connectivity index (χ0v) is 19.9. The maximum Gasteiger partial charge on any atom is 0.417 e. The lowest BCUT2D eigenvalue weighted by Gasteiger charge is -2.21. The van der Waals surface area contributed by atoms with Gasteiger partial charge in [-0.3, -0.25) is 4.79 Å². The number of hydrogen-bond donors (Lipinski definition) is 2. The van der Waals surface area contributed by atoms with E-state index in [1.807, 2.05) is 0 Å². The fourth-order valence-electron chi connectivity index (χ4n) is 4.25. The molecule has 188 valence electrons. The van der Waals surface area contributed by atoms with Gasteiger partial charge in [0.15, 0.2) is 0 Å². The molecule has 1 aromatic heterocycles. The number of unbranched alkanes of at least 4 members (excludes halogenated alkanes) is 1. The molecular weight excluding hydrogens is 447 g/mol. The summed E-state index contributed by atoms with van der Waals surface area (Å²) < 4.78 is 46.9. The summed E-state index contributed by atoms with van der Waals surface area (Å²) in [6.07, 6.45) is 1.77. The van der Waals surface area contributed by atoms with E-state index >= 15 is 0 Å². The highest BCUT2D eigenvalue weighted by Gasteiger charge is 2.36. The van der Waals surface area contributed by atoms with E-state index in [1.165, 1.54) is 12.1 Å². The van der Waals surface area contributed by atoms with Crippen LogP contribution < -0.4 is 10.6 Å². The van der Waals surface area contributed by atoms with Crippen molar-refractivity contribution in [3.63, 3.8) is 0 Å². The third-order valence-corrected chi connectivity index (χ3v) is 6.30. The first kappa shape index (κ1) is 26.0. The molecule has 2 N–H and O–H groups in total. The molecule has 0 aliphatic heterocycles. The van der Waals surface area contributed by atoms with Crippen LogP contribution in [0.3, 0.4) is 0 Å². The number of benzene rings is 1. The molecule has 0 bridgehead atoms. The van der Waals surface area contributed by atoms with Crippen LogP contribution in [0.1, 0.15) is 64.4 Å². The Labute approximate surface area is 198 Å². The number of aromatic nitrogens is 2. The average molecular weight is 482 g/mol. The fourth-order valence-corrected chi connectivity index (χ4v) is 4.25. The Bertz CT molecular complexity index is 922. The van der Waals surface area contributed by atoms with E-state index in [9.17, 15) is 18.0 Å². The van der Waals surface area contributed by atoms with Crippen LogP contribution >= 0.6 is 0 Å². The van der Waals surface area contributed by atoms with E-state index in [0.29, 0.717) is 6.54 Å². The van der Waals surface area contributed by atoms with Gasteiger partial charge in [0.05, 0.1) is 11.1 Å². The smallest absolute Gasteiger partial charge is 0.403 e. The van der Waals surface area contributed by atoms with Crippen molar-refractivity contribution in [1.82, 2.24) is 15.1 Å². The second-order valence-corrected chi connectivity index (χ2v) is 8.66. The molecule has 1 amide bonds. The quantitative estimate of drug-likeness (QED) is 0.394. The molecule has 0 unspecified atom stereocenters. The number of amides is 1. The van der Waals surface area contributed by atoms with E-state index in [0.717, 1.165) is 70.6 Å². The molecule has 1 aliphatic rings. The molecule has 1 heterocycles. The highest BCUT2D eigenvalue weighted by atomic mass is 19.4. The molecule has 3 rings (SSSR count). The largest absolute Gasteiger partial charge is 0.417 e. The Kier molecular flexibility index (Phi) is 9.32. The van der Waals surface area contributed by atoms with E-state index in [2.05, 4.69) is 39.6 Å². The van der Waals surface area contributed by atoms with Crippen molar-refractivity contribution < 1.29 is 22.4 Å². The van der Waals surface area contributed by atoms with Crippen molar-refractivity contribution >= 4 is 17.6 Å². The third-order valence-electron chi connectivity index (χ3n) is 6.30. The molecule has 1 aromatic carbocycles. The number of halogens is 3. The lowest BCUT2D eigenvalue weighted by atomic mass is 9.88. The van der Waals surface area contributed by atoms with Crippen LogP contribution in [0, 0.1) is 5.92 Å². The number of alkyl halides is 3. The summed E-state index contributed by atoms with van der Waals surface area (Å²) in [7, 11) is 0. The molecule has 7 nitrogen and oxygen atoms in total. The minimum atomic E-state index is -4.65. The first-order valence-corrected chi connectivity index (χ1v) is 12.1. The molecule has 2 aromatic rings. The Morgan fingerprint density at radius 1 is 1.12 bits per heavy atom. The van der Waals surface area contributed by atoms with Crippen LogP contribution in [0.25, 0.3) is 11.5 Å². The molecule has 1 fully saturated rings. The zero-order valence-electron chi connectivity index (χ0n) is 19.9. The molecule has 10 heteroatoms. The molecule has 0 radical (unpaired) electrons. The van der Waals surface area contributed by atoms with Gasteiger partial charge in [0.25, 0.3) is 0 Å². The molecule has 0 saturated heterocycles. The van der Waals surface area contributed by atoms with Crippen molar-refractivity contribution in [3.8, 4) is 11.5 Å². The van der Waals surface area contributed by atoms with Crippen molar-refractivity contribution in [1.29, 1.82) is 0 Å². The maximum absolute atomic E-state index is 13.8. The third kappa shape index (κ3) is 7.19. The van der Waals surface area contributed by atoms with Gasteiger partial charge >= 0.3 is 12.2 Å². The summed E-state index contributed by atoms with van der Waals surface area (Å²) in [4.78, 5) is 14.8. The summed E-state index contributed by atoms with van der Waals surface area (Å²) >= 11 is 0. The van der Waals surface area contributed by atoms with Gasteiger partial charge in [0.1, 0.15) is 0 Å². The minimum Gasteiger partial charge on any atom is -0.403 e. The first-order valence-electron chi connectivity index (χ1n) is 12.1. The second-order valence-electron chi connectivity index (χ2n) is 8.66. The Hall–Kier alpha value is -2.62. The van der Waals surface area contributed by atoms with Crippen LogP contribution in [0.4, 0.5) is 24.9 Å². The maximum atomic E-state index is 13.8. The normalized spacial score (nSPS) is 15.0. The van der Waals surface area contributed by atoms with Gasteiger partial charge in [-0.25, -0.2) is 0 Å². The van der Waals surface area contributed by atoms with Gasteiger partial charge in [-0.15, -0.1) is 5.10 Å². The molecule has 34 heavy (non-hydrogen) atoms. The Morgan fingerprint density at radius 2 is 1.85 bits per heavy atom. The van der Waals surface area contributed by atoms with Crippen molar-refractivity contribution in [3.05, 3.63) is 23.8 Å². The first-order chi connectivity index (χ1) is 16.3. The monoisotopic (exact) mass is 481 g/mol. The minimum absolute atomic E-state index is 0.0839. The summed E-state index contributed by atoms with van der Waals surface area (Å²) in [5.41, 5.74) is -1.04. The number of rotatable bonds is 11. The Balaban J connectivity index is 1.64. The molecule has 1 aliphatic carbocycles. The highest BCUT2D eigenvalue weighted by molar-refractivity contribution is 5.93. The number of hydrogen-bond acceptors (Lipinski definition) is 6. The molecule has 0 spiro atoms. The summed E-state index contributed by atoms with van der Waals surface area (Å²) in [5.74, 6) is -0.603. The Morgan fingerprint density at radius 3 is 2.53 bits per heavy atom. The van der Waals surface area contributed by atoms with Gasteiger partial charge in [-0.2, -0.15) is 13.2 Å². The van der Waals surface area contributed by atoms with Crippen molar-refractivity contribution in [2.75, 3.05) is 36.8 Å². The van der Waals surface area contributed by atoms with Crippen LogP contribution in [0.2, 0.25) is 0 Å². The predicted molar refractivity (Wildman–Crippen MR) is 125 cm³/mol. The van der Waals surface area contributed by atoms with Gasteiger partial charge in [-0.1, -0.05) is 38.2 Å². The van der Waals surface area contributed by atoms with E-state index < -0.39 is 11.7 Å². The van der Waals surface area contributed by atoms with Crippen LogP contribution in [0.15, 0.2) is 22.6 Å². The standard InChI is InChI=1S/C24H34F3N5O2/c1-3-32(4-2)15-9-8-14-28-23-31-30-22(34-23)19-13-12-18(16-20(19)24(25,26)27)29-21(33)17-10-6-5-7-11-17/h12-13,16-17H,3-11,14-15H2,1-2H3,(H,28,31)(H,29,33). The number of nitrogens with one attached hydrogen (secondary N) is 2.